The van der Waals surface area contributed by atoms with Crippen LogP contribution in [-0.4, -0.2) is 35.7 Å². The van der Waals surface area contributed by atoms with Gasteiger partial charge in [0.05, 0.1) is 6.10 Å². The second-order valence-corrected chi connectivity index (χ2v) is 11.3. The quantitative estimate of drug-likeness (QED) is 0.260. The number of aromatic nitrogens is 1. The highest BCUT2D eigenvalue weighted by atomic mass is 16.5. The number of aromatic amines is 1. The number of rotatable bonds is 10. The van der Waals surface area contributed by atoms with E-state index in [4.69, 9.17) is 4.74 Å². The molecule has 0 spiro atoms. The Morgan fingerprint density at radius 2 is 1.80 bits per heavy atom. The lowest BCUT2D eigenvalue weighted by Gasteiger charge is -2.31. The van der Waals surface area contributed by atoms with Gasteiger partial charge in [-0.2, -0.15) is 0 Å². The average molecular weight is 545 g/mol. The van der Waals surface area contributed by atoms with Crippen LogP contribution in [-0.2, 0) is 17.8 Å². The topological polar surface area (TPSA) is 95.2 Å². The molecule has 0 aliphatic carbocycles. The molecule has 7 heteroatoms. The van der Waals surface area contributed by atoms with Crippen LogP contribution in [0.15, 0.2) is 47.3 Å². The van der Waals surface area contributed by atoms with Crippen molar-refractivity contribution in [2.45, 2.75) is 92.1 Å². The first-order chi connectivity index (χ1) is 19.1. The number of carbonyl (C=O) groups is 1. The predicted molar refractivity (Wildman–Crippen MR) is 163 cm³/mol. The summed E-state index contributed by atoms with van der Waals surface area (Å²) in [6.07, 6.45) is 3.10. The van der Waals surface area contributed by atoms with Crippen molar-refractivity contribution in [1.29, 1.82) is 0 Å². The fourth-order valence-electron chi connectivity index (χ4n) is 5.28. The summed E-state index contributed by atoms with van der Waals surface area (Å²) in [4.78, 5) is 28.9. The molecule has 0 bridgehead atoms. The van der Waals surface area contributed by atoms with Crippen molar-refractivity contribution in [3.05, 3.63) is 86.3 Å². The van der Waals surface area contributed by atoms with Crippen LogP contribution < -0.4 is 21.5 Å². The van der Waals surface area contributed by atoms with Crippen LogP contribution in [0.3, 0.4) is 0 Å². The highest BCUT2D eigenvalue weighted by Crippen LogP contribution is 2.31. The number of anilines is 1. The maximum Gasteiger partial charge on any atom is 0.253 e. The molecule has 2 heterocycles. The van der Waals surface area contributed by atoms with Gasteiger partial charge < -0.3 is 25.7 Å². The number of aryl methyl sites for hydroxylation is 2. The molecule has 4 N–H and O–H groups in total. The van der Waals surface area contributed by atoms with Gasteiger partial charge in [0.25, 0.3) is 11.5 Å². The van der Waals surface area contributed by atoms with E-state index in [1.54, 1.807) is 0 Å². The van der Waals surface area contributed by atoms with Gasteiger partial charge in [0.2, 0.25) is 0 Å². The Morgan fingerprint density at radius 3 is 2.48 bits per heavy atom. The van der Waals surface area contributed by atoms with Crippen LogP contribution in [0.4, 0.5) is 5.69 Å². The molecule has 7 nitrogen and oxygen atoms in total. The lowest BCUT2D eigenvalue weighted by atomic mass is 9.95. The molecule has 1 amide bonds. The van der Waals surface area contributed by atoms with E-state index in [-0.39, 0.29) is 30.2 Å². The fraction of sp³-hybridized carbons (Fsp3) is 0.455. The van der Waals surface area contributed by atoms with Crippen LogP contribution in [0.1, 0.15) is 78.3 Å². The zero-order chi connectivity index (χ0) is 28.8. The number of hydrogen-bond donors (Lipinski definition) is 4. The summed E-state index contributed by atoms with van der Waals surface area (Å²) in [5.74, 6) is -0.196. The number of nitrogens with one attached hydrogen (secondary N) is 4. The zero-order valence-corrected chi connectivity index (χ0v) is 24.7. The molecule has 1 saturated heterocycles. The number of pyridine rings is 1. The third kappa shape index (κ3) is 7.40. The number of hydrogen-bond acceptors (Lipinski definition) is 5. The first kappa shape index (κ1) is 29.6. The summed E-state index contributed by atoms with van der Waals surface area (Å²) in [6.45, 7) is 13.9. The van der Waals surface area contributed by atoms with Crippen LogP contribution in [0.2, 0.25) is 0 Å². The highest BCUT2D eigenvalue weighted by molar-refractivity contribution is 5.98. The summed E-state index contributed by atoms with van der Waals surface area (Å²) in [6, 6.07) is 15.2. The molecule has 214 valence electrons. The Kier molecular flexibility index (Phi) is 9.82. The summed E-state index contributed by atoms with van der Waals surface area (Å²) >= 11 is 0. The molecule has 2 aromatic carbocycles. The molecule has 1 aromatic heterocycles. The van der Waals surface area contributed by atoms with Crippen LogP contribution in [0.25, 0.3) is 11.1 Å². The maximum atomic E-state index is 13.6. The molecule has 1 aliphatic heterocycles. The average Bonchev–Trinajstić information content (AvgIpc) is 2.92. The van der Waals surface area contributed by atoms with E-state index in [0.29, 0.717) is 17.2 Å². The van der Waals surface area contributed by atoms with Gasteiger partial charge in [-0.25, -0.2) is 0 Å². The Balaban J connectivity index is 1.64. The van der Waals surface area contributed by atoms with Gasteiger partial charge >= 0.3 is 0 Å². The molecule has 4 rings (SSSR count). The lowest BCUT2D eigenvalue weighted by molar-refractivity contribution is 0.00924. The smallest absolute Gasteiger partial charge is 0.253 e. The number of benzene rings is 2. The van der Waals surface area contributed by atoms with Crippen molar-refractivity contribution in [2.75, 3.05) is 11.9 Å². The molecule has 0 radical (unpaired) electrons. The van der Waals surface area contributed by atoms with Crippen LogP contribution in [0.5, 0.6) is 0 Å². The Bertz CT molecular complexity index is 1380. The van der Waals surface area contributed by atoms with E-state index < -0.39 is 0 Å². The van der Waals surface area contributed by atoms with Crippen molar-refractivity contribution < 1.29 is 9.53 Å². The Hall–Kier alpha value is -3.42. The normalized spacial score (nSPS) is 17.2. The number of carbonyl (C=O) groups excluding carboxylic acids is 1. The number of amides is 1. The van der Waals surface area contributed by atoms with E-state index in [1.165, 1.54) is 5.56 Å². The minimum absolute atomic E-state index is 0.164. The third-order valence-electron chi connectivity index (χ3n) is 7.76. The molecular weight excluding hydrogens is 500 g/mol. The Morgan fingerprint density at radius 1 is 1.05 bits per heavy atom. The summed E-state index contributed by atoms with van der Waals surface area (Å²) in [5.41, 5.74) is 7.78. The summed E-state index contributed by atoms with van der Waals surface area (Å²) < 4.78 is 5.89. The van der Waals surface area contributed by atoms with E-state index in [2.05, 4.69) is 72.0 Å². The second kappa shape index (κ2) is 13.3. The van der Waals surface area contributed by atoms with Gasteiger partial charge in [-0.3, -0.25) is 9.59 Å². The van der Waals surface area contributed by atoms with Gasteiger partial charge in [0, 0.05) is 54.3 Å². The van der Waals surface area contributed by atoms with Gasteiger partial charge in [-0.1, -0.05) is 45.0 Å². The molecule has 1 aliphatic rings. The van der Waals surface area contributed by atoms with Crippen molar-refractivity contribution >= 4 is 11.6 Å². The second-order valence-electron chi connectivity index (χ2n) is 11.3. The minimum atomic E-state index is -0.196. The van der Waals surface area contributed by atoms with E-state index in [9.17, 15) is 9.59 Å². The van der Waals surface area contributed by atoms with Gasteiger partial charge in [-0.05, 0) is 86.1 Å². The molecule has 40 heavy (non-hydrogen) atoms. The van der Waals surface area contributed by atoms with Crippen molar-refractivity contribution in [2.24, 2.45) is 0 Å². The standard InChI is InChI=1S/C33H44N4O3/c1-7-28-17-27(12-13-40-28)37-31-16-26(25-10-8-24(9-11-25)18-34-20(2)3)15-29(23(31)6)32(38)35-19-30-21(4)14-22(5)36-33(30)39/h8-11,14-16,20,27-28,34,37H,7,12-13,17-19H2,1-6H3,(H,35,38)(H,36,39). The summed E-state index contributed by atoms with van der Waals surface area (Å²) in [5, 5.41) is 10.2. The first-order valence-corrected chi connectivity index (χ1v) is 14.5. The predicted octanol–water partition coefficient (Wildman–Crippen LogP) is 5.76. The molecule has 1 fully saturated rings. The largest absolute Gasteiger partial charge is 0.382 e. The summed E-state index contributed by atoms with van der Waals surface area (Å²) in [7, 11) is 0. The van der Waals surface area contributed by atoms with Crippen molar-refractivity contribution in [3.63, 3.8) is 0 Å². The maximum absolute atomic E-state index is 13.6. The van der Waals surface area contributed by atoms with Gasteiger partial charge in [0.1, 0.15) is 0 Å². The monoisotopic (exact) mass is 544 g/mol. The van der Waals surface area contributed by atoms with E-state index in [0.717, 1.165) is 66.0 Å². The molecule has 2 unspecified atom stereocenters. The zero-order valence-electron chi connectivity index (χ0n) is 24.7. The van der Waals surface area contributed by atoms with Crippen molar-refractivity contribution in [3.8, 4) is 11.1 Å². The van der Waals surface area contributed by atoms with Crippen LogP contribution >= 0.6 is 0 Å². The van der Waals surface area contributed by atoms with Crippen molar-refractivity contribution in [1.82, 2.24) is 15.6 Å². The van der Waals surface area contributed by atoms with Crippen LogP contribution in [0, 0.1) is 20.8 Å². The lowest BCUT2D eigenvalue weighted by Crippen LogP contribution is -2.34. The number of H-pyrrole nitrogens is 1. The molecule has 3 aromatic rings. The van der Waals surface area contributed by atoms with Gasteiger partial charge in [0.15, 0.2) is 0 Å². The fourth-order valence-corrected chi connectivity index (χ4v) is 5.28. The SMILES string of the molecule is CCC1CC(Nc2cc(-c3ccc(CNC(C)C)cc3)cc(C(=O)NCc3c(C)cc(C)[nH]c3=O)c2C)CCO1. The molecule has 0 saturated carbocycles. The highest BCUT2D eigenvalue weighted by Gasteiger charge is 2.23. The molecule has 2 atom stereocenters. The first-order valence-electron chi connectivity index (χ1n) is 14.5. The Labute approximate surface area is 238 Å². The van der Waals surface area contributed by atoms with E-state index >= 15 is 0 Å². The third-order valence-corrected chi connectivity index (χ3v) is 7.76. The molecular formula is C33H44N4O3. The van der Waals surface area contributed by atoms with Gasteiger partial charge in [-0.15, -0.1) is 0 Å². The number of ether oxygens (including phenoxy) is 1. The minimum Gasteiger partial charge on any atom is -0.382 e. The van der Waals surface area contributed by atoms with E-state index in [1.807, 2.05) is 32.9 Å².